The summed E-state index contributed by atoms with van der Waals surface area (Å²) in [6, 6.07) is 5.36. The van der Waals surface area contributed by atoms with Gasteiger partial charge in [0.05, 0.1) is 26.0 Å². The Morgan fingerprint density at radius 1 is 1.38 bits per heavy atom. The molecule has 0 saturated heterocycles. The molecule has 2 aromatic rings. The Hall–Kier alpha value is -2.15. The molecule has 0 spiro atoms. The monoisotopic (exact) mass is 349 g/mol. The van der Waals surface area contributed by atoms with E-state index in [9.17, 15) is 4.79 Å². The van der Waals surface area contributed by atoms with Crippen LogP contribution in [0.1, 0.15) is 25.5 Å². The van der Waals surface area contributed by atoms with E-state index in [2.05, 4.69) is 10.3 Å². The number of thioether (sulfide) groups is 1. The number of imidazole rings is 1. The average molecular weight is 349 g/mol. The van der Waals surface area contributed by atoms with Gasteiger partial charge in [0.1, 0.15) is 11.5 Å². The highest BCUT2D eigenvalue weighted by Crippen LogP contribution is 2.29. The number of hydrogen-bond acceptors (Lipinski definition) is 5. The van der Waals surface area contributed by atoms with Gasteiger partial charge in [-0.05, 0) is 32.0 Å². The van der Waals surface area contributed by atoms with Crippen molar-refractivity contribution >= 4 is 17.7 Å². The molecule has 0 aliphatic heterocycles. The maximum Gasteiger partial charge on any atom is 0.230 e. The van der Waals surface area contributed by atoms with Crippen LogP contribution < -0.4 is 14.8 Å². The summed E-state index contributed by atoms with van der Waals surface area (Å²) in [6.07, 6.45) is 3.65. The van der Waals surface area contributed by atoms with Crippen molar-refractivity contribution in [3.05, 3.63) is 36.2 Å². The Kier molecular flexibility index (Phi) is 6.54. The summed E-state index contributed by atoms with van der Waals surface area (Å²) in [5.41, 5.74) is 0.880. The number of carbonyl (C=O) groups excluding carboxylic acids is 1. The number of rotatable bonds is 8. The number of aromatic nitrogens is 2. The van der Waals surface area contributed by atoms with E-state index in [-0.39, 0.29) is 11.9 Å². The predicted octanol–water partition coefficient (Wildman–Crippen LogP) is 2.89. The Bertz CT molecular complexity index is 687. The number of nitrogens with one attached hydrogen (secondary N) is 1. The highest BCUT2D eigenvalue weighted by atomic mass is 32.2. The number of amides is 1. The molecule has 0 bridgehead atoms. The fourth-order valence-corrected chi connectivity index (χ4v) is 3.18. The van der Waals surface area contributed by atoms with E-state index >= 15 is 0 Å². The van der Waals surface area contributed by atoms with Crippen molar-refractivity contribution < 1.29 is 14.3 Å². The highest BCUT2D eigenvalue weighted by Gasteiger charge is 2.16. The van der Waals surface area contributed by atoms with Crippen LogP contribution in [0.5, 0.6) is 11.5 Å². The summed E-state index contributed by atoms with van der Waals surface area (Å²) in [7, 11) is 3.22. The van der Waals surface area contributed by atoms with Crippen molar-refractivity contribution in [2.24, 2.45) is 0 Å². The lowest BCUT2D eigenvalue weighted by atomic mass is 10.1. The zero-order chi connectivity index (χ0) is 17.5. The normalized spacial score (nSPS) is 11.8. The lowest BCUT2D eigenvalue weighted by Crippen LogP contribution is -2.28. The number of nitrogens with zero attached hydrogens (tertiary/aromatic N) is 2. The number of hydrogen-bond donors (Lipinski definition) is 1. The van der Waals surface area contributed by atoms with Gasteiger partial charge in [0.15, 0.2) is 5.16 Å². The van der Waals surface area contributed by atoms with E-state index < -0.39 is 0 Å². The van der Waals surface area contributed by atoms with Gasteiger partial charge in [-0.15, -0.1) is 0 Å². The highest BCUT2D eigenvalue weighted by molar-refractivity contribution is 7.99. The molecule has 0 aliphatic carbocycles. The number of benzene rings is 1. The van der Waals surface area contributed by atoms with Gasteiger partial charge in [-0.2, -0.15) is 0 Å². The van der Waals surface area contributed by atoms with Crippen LogP contribution in [0, 0.1) is 0 Å². The van der Waals surface area contributed by atoms with E-state index in [1.807, 2.05) is 42.8 Å². The molecule has 2 rings (SSSR count). The molecule has 0 aliphatic rings. The van der Waals surface area contributed by atoms with E-state index in [4.69, 9.17) is 9.47 Å². The summed E-state index contributed by atoms with van der Waals surface area (Å²) in [5, 5.41) is 3.84. The lowest BCUT2D eigenvalue weighted by molar-refractivity contribution is -0.119. The summed E-state index contributed by atoms with van der Waals surface area (Å²) in [4.78, 5) is 16.5. The second kappa shape index (κ2) is 8.63. The summed E-state index contributed by atoms with van der Waals surface area (Å²) >= 11 is 1.43. The van der Waals surface area contributed by atoms with Crippen molar-refractivity contribution in [1.82, 2.24) is 14.9 Å². The fraction of sp³-hybridized carbons (Fsp3) is 0.412. The van der Waals surface area contributed by atoms with Crippen LogP contribution in [-0.2, 0) is 11.3 Å². The number of aryl methyl sites for hydroxylation is 1. The van der Waals surface area contributed by atoms with E-state index in [1.165, 1.54) is 11.8 Å². The first-order valence-electron chi connectivity index (χ1n) is 7.74. The molecule has 0 fully saturated rings. The first-order chi connectivity index (χ1) is 11.6. The molecule has 1 atom stereocenters. The molecule has 0 saturated carbocycles. The molecule has 0 unspecified atom stereocenters. The van der Waals surface area contributed by atoms with E-state index in [0.29, 0.717) is 5.75 Å². The van der Waals surface area contributed by atoms with Crippen LogP contribution in [0.25, 0.3) is 0 Å². The van der Waals surface area contributed by atoms with E-state index in [1.54, 1.807) is 20.4 Å². The molecule has 1 N–H and O–H groups in total. The zero-order valence-corrected chi connectivity index (χ0v) is 15.2. The van der Waals surface area contributed by atoms with Gasteiger partial charge in [0, 0.05) is 24.5 Å². The maximum atomic E-state index is 12.2. The maximum absolute atomic E-state index is 12.2. The zero-order valence-electron chi connectivity index (χ0n) is 14.4. The SMILES string of the molecule is CCn1ccnc1SCC(=O)N[C@H](C)c1cc(OC)ccc1OC. The third-order valence-corrected chi connectivity index (χ3v) is 4.64. The molecule has 1 heterocycles. The number of methoxy groups -OCH3 is 2. The van der Waals surface area contributed by atoms with Crippen LogP contribution in [0.15, 0.2) is 35.7 Å². The largest absolute Gasteiger partial charge is 0.497 e. The Balaban J connectivity index is 1.98. The molecule has 130 valence electrons. The van der Waals surface area contributed by atoms with Gasteiger partial charge in [-0.25, -0.2) is 4.98 Å². The summed E-state index contributed by atoms with van der Waals surface area (Å²) in [5.74, 6) is 1.71. The standard InChI is InChI=1S/C17H23N3O3S/c1-5-20-9-8-18-17(20)24-11-16(21)19-12(2)14-10-13(22-3)6-7-15(14)23-4/h6-10,12H,5,11H2,1-4H3,(H,19,21)/t12-/m1/s1. The fourth-order valence-electron chi connectivity index (χ4n) is 2.35. The minimum atomic E-state index is -0.186. The topological polar surface area (TPSA) is 65.4 Å². The molecule has 1 aromatic heterocycles. The first kappa shape index (κ1) is 18.2. The smallest absolute Gasteiger partial charge is 0.230 e. The molecule has 7 heteroatoms. The van der Waals surface area contributed by atoms with Gasteiger partial charge in [-0.1, -0.05) is 11.8 Å². The number of carbonyl (C=O) groups is 1. The molecule has 24 heavy (non-hydrogen) atoms. The molecule has 6 nitrogen and oxygen atoms in total. The summed E-state index contributed by atoms with van der Waals surface area (Å²) in [6.45, 7) is 4.80. The van der Waals surface area contributed by atoms with Crippen LogP contribution in [0.2, 0.25) is 0 Å². The van der Waals surface area contributed by atoms with Crippen LogP contribution >= 0.6 is 11.8 Å². The quantitative estimate of drug-likeness (QED) is 0.743. The third-order valence-electron chi connectivity index (χ3n) is 3.63. The molecule has 1 aromatic carbocycles. The second-order valence-electron chi connectivity index (χ2n) is 5.18. The molecule has 1 amide bonds. The minimum absolute atomic E-state index is 0.0528. The predicted molar refractivity (Wildman–Crippen MR) is 94.7 cm³/mol. The van der Waals surface area contributed by atoms with Gasteiger partial charge in [0.25, 0.3) is 0 Å². The van der Waals surface area contributed by atoms with Gasteiger partial charge in [-0.3, -0.25) is 4.79 Å². The summed E-state index contributed by atoms with van der Waals surface area (Å²) < 4.78 is 12.6. The minimum Gasteiger partial charge on any atom is -0.497 e. The third kappa shape index (κ3) is 4.44. The van der Waals surface area contributed by atoms with Crippen molar-refractivity contribution in [2.45, 2.75) is 31.6 Å². The Morgan fingerprint density at radius 2 is 2.17 bits per heavy atom. The number of ether oxygens (including phenoxy) is 2. The van der Waals surface area contributed by atoms with Crippen molar-refractivity contribution in [3.63, 3.8) is 0 Å². The first-order valence-corrected chi connectivity index (χ1v) is 8.72. The Labute approximate surface area is 146 Å². The Morgan fingerprint density at radius 3 is 2.83 bits per heavy atom. The van der Waals surface area contributed by atoms with Gasteiger partial charge >= 0.3 is 0 Å². The molecular weight excluding hydrogens is 326 g/mol. The molecular formula is C17H23N3O3S. The average Bonchev–Trinajstić information content (AvgIpc) is 3.06. The van der Waals surface area contributed by atoms with Crippen molar-refractivity contribution in [2.75, 3.05) is 20.0 Å². The lowest BCUT2D eigenvalue weighted by Gasteiger charge is -2.18. The molecule has 0 radical (unpaired) electrons. The van der Waals surface area contributed by atoms with Crippen LogP contribution in [0.4, 0.5) is 0 Å². The van der Waals surface area contributed by atoms with Crippen molar-refractivity contribution in [1.29, 1.82) is 0 Å². The van der Waals surface area contributed by atoms with Gasteiger partial charge in [0.2, 0.25) is 5.91 Å². The van der Waals surface area contributed by atoms with Crippen LogP contribution in [-0.4, -0.2) is 35.4 Å². The second-order valence-corrected chi connectivity index (χ2v) is 6.12. The van der Waals surface area contributed by atoms with Gasteiger partial charge < -0.3 is 19.4 Å². The van der Waals surface area contributed by atoms with E-state index in [0.717, 1.165) is 28.8 Å². The van der Waals surface area contributed by atoms with Crippen LogP contribution in [0.3, 0.4) is 0 Å². The van der Waals surface area contributed by atoms with Crippen molar-refractivity contribution in [3.8, 4) is 11.5 Å².